The molecule has 1 aliphatic heterocycles. The molecule has 0 aliphatic carbocycles. The number of phenolic OH excluding ortho intramolecular Hbond substituents is 2. The maximum Gasteiger partial charge on any atom is 0.406 e. The molecule has 0 fully saturated rings. The number of nitrogens with one attached hydrogen (secondary N) is 1. The number of fused-ring (bicyclic) bond motifs is 1. The van der Waals surface area contributed by atoms with Gasteiger partial charge in [0.1, 0.15) is 12.7 Å². The lowest BCUT2D eigenvalue weighted by Gasteiger charge is -2.38. The van der Waals surface area contributed by atoms with Crippen molar-refractivity contribution in [1.29, 1.82) is 0 Å². The molecule has 1 heterocycles. The highest BCUT2D eigenvalue weighted by molar-refractivity contribution is 6.32. The number of carbonyl (C=O) groups is 1. The topological polar surface area (TPSA) is 72.8 Å². The molecule has 0 aromatic heterocycles. The lowest BCUT2D eigenvalue weighted by atomic mass is 10.0. The van der Waals surface area contributed by atoms with Crippen LogP contribution in [-0.2, 0) is 0 Å². The molecule has 1 atom stereocenters. The molecule has 0 saturated heterocycles. The lowest BCUT2D eigenvalue weighted by Crippen LogP contribution is -2.47. The highest BCUT2D eigenvalue weighted by Gasteiger charge is 2.41. The molecular weight excluding hydrogens is 361 g/mol. The van der Waals surface area contributed by atoms with Crippen molar-refractivity contribution in [3.63, 3.8) is 0 Å². The van der Waals surface area contributed by atoms with E-state index < -0.39 is 36.3 Å². The van der Waals surface area contributed by atoms with Crippen LogP contribution in [0.5, 0.6) is 11.5 Å². The molecular formula is C16H12ClF3N2O3. The van der Waals surface area contributed by atoms with Gasteiger partial charge in [-0.1, -0.05) is 23.7 Å². The van der Waals surface area contributed by atoms with E-state index in [2.05, 4.69) is 5.32 Å². The van der Waals surface area contributed by atoms with Crippen LogP contribution >= 0.6 is 11.6 Å². The summed E-state index contributed by atoms with van der Waals surface area (Å²) in [5.74, 6) is -1.99. The van der Waals surface area contributed by atoms with Crippen LogP contribution in [0.1, 0.15) is 22.1 Å². The second-order valence-electron chi connectivity index (χ2n) is 5.51. The summed E-state index contributed by atoms with van der Waals surface area (Å²) in [6.07, 6.45) is -5.84. The summed E-state index contributed by atoms with van der Waals surface area (Å²) in [7, 11) is 0. The zero-order chi connectivity index (χ0) is 18.4. The van der Waals surface area contributed by atoms with Gasteiger partial charge in [-0.25, -0.2) is 0 Å². The first-order valence-corrected chi connectivity index (χ1v) is 7.50. The van der Waals surface area contributed by atoms with E-state index in [-0.39, 0.29) is 16.1 Å². The molecule has 0 saturated carbocycles. The maximum atomic E-state index is 13.0. The molecule has 9 heteroatoms. The number of hydrogen-bond donors (Lipinski definition) is 3. The fourth-order valence-electron chi connectivity index (χ4n) is 2.67. The van der Waals surface area contributed by atoms with E-state index in [1.165, 1.54) is 12.1 Å². The van der Waals surface area contributed by atoms with Gasteiger partial charge in [0.15, 0.2) is 11.5 Å². The molecule has 132 valence electrons. The van der Waals surface area contributed by atoms with E-state index in [1.807, 2.05) is 0 Å². The standard InChI is InChI=1S/C16H12ClF3N2O3/c17-10-5-8(6-12(23)13(10)24)14-21-11-4-2-1-3-9(11)15(25)22(14)7-16(18,19)20/h1-6,14,21,23-24H,7H2/t14-/m0/s1. The molecule has 0 spiro atoms. The Morgan fingerprint density at radius 3 is 2.52 bits per heavy atom. The van der Waals surface area contributed by atoms with Crippen molar-refractivity contribution in [3.8, 4) is 11.5 Å². The number of carbonyl (C=O) groups excluding carboxylic acids is 1. The number of benzene rings is 2. The first-order valence-electron chi connectivity index (χ1n) is 7.12. The smallest absolute Gasteiger partial charge is 0.406 e. The minimum atomic E-state index is -4.62. The van der Waals surface area contributed by atoms with Crippen LogP contribution in [0.4, 0.5) is 18.9 Å². The Hall–Kier alpha value is -2.61. The van der Waals surface area contributed by atoms with Gasteiger partial charge < -0.3 is 20.4 Å². The van der Waals surface area contributed by atoms with Gasteiger partial charge in [-0.15, -0.1) is 0 Å². The normalized spacial score (nSPS) is 17.2. The maximum absolute atomic E-state index is 13.0. The van der Waals surface area contributed by atoms with Crippen LogP contribution in [0, 0.1) is 0 Å². The van der Waals surface area contributed by atoms with Crippen molar-refractivity contribution in [2.24, 2.45) is 0 Å². The van der Waals surface area contributed by atoms with Gasteiger partial charge in [0.05, 0.1) is 10.6 Å². The number of nitrogens with zero attached hydrogens (tertiary/aromatic N) is 1. The Bertz CT molecular complexity index is 819. The van der Waals surface area contributed by atoms with Crippen molar-refractivity contribution >= 4 is 23.2 Å². The van der Waals surface area contributed by atoms with E-state index in [0.29, 0.717) is 10.6 Å². The molecule has 25 heavy (non-hydrogen) atoms. The van der Waals surface area contributed by atoms with Gasteiger partial charge in [-0.05, 0) is 24.3 Å². The van der Waals surface area contributed by atoms with Crippen molar-refractivity contribution < 1.29 is 28.2 Å². The zero-order valence-electron chi connectivity index (χ0n) is 12.5. The van der Waals surface area contributed by atoms with E-state index in [0.717, 1.165) is 6.07 Å². The molecule has 3 rings (SSSR count). The van der Waals surface area contributed by atoms with E-state index >= 15 is 0 Å². The molecule has 2 aromatic carbocycles. The van der Waals surface area contributed by atoms with Gasteiger partial charge in [0.2, 0.25) is 0 Å². The molecule has 1 aliphatic rings. The van der Waals surface area contributed by atoms with Crippen LogP contribution < -0.4 is 5.32 Å². The number of aromatic hydroxyl groups is 2. The van der Waals surface area contributed by atoms with Crippen molar-refractivity contribution in [1.82, 2.24) is 4.90 Å². The van der Waals surface area contributed by atoms with Gasteiger partial charge >= 0.3 is 6.18 Å². The second-order valence-corrected chi connectivity index (χ2v) is 5.92. The molecule has 0 bridgehead atoms. The Morgan fingerprint density at radius 2 is 1.88 bits per heavy atom. The monoisotopic (exact) mass is 372 g/mol. The van der Waals surface area contributed by atoms with Crippen LogP contribution in [0.25, 0.3) is 0 Å². The molecule has 0 unspecified atom stereocenters. The fourth-order valence-corrected chi connectivity index (χ4v) is 2.90. The number of para-hydroxylation sites is 1. The van der Waals surface area contributed by atoms with E-state index in [9.17, 15) is 28.2 Å². The third-order valence-corrected chi connectivity index (χ3v) is 4.04. The lowest BCUT2D eigenvalue weighted by molar-refractivity contribution is -0.144. The Kier molecular flexibility index (Phi) is 4.16. The minimum absolute atomic E-state index is 0.104. The summed E-state index contributed by atoms with van der Waals surface area (Å²) in [5.41, 5.74) is 0.573. The number of hydrogen-bond acceptors (Lipinski definition) is 4. The third kappa shape index (κ3) is 3.30. The average molecular weight is 373 g/mol. The van der Waals surface area contributed by atoms with E-state index in [1.54, 1.807) is 18.2 Å². The Morgan fingerprint density at radius 1 is 1.20 bits per heavy atom. The van der Waals surface area contributed by atoms with Crippen LogP contribution in [0.3, 0.4) is 0 Å². The minimum Gasteiger partial charge on any atom is -0.504 e. The van der Waals surface area contributed by atoms with E-state index in [4.69, 9.17) is 11.6 Å². The number of amides is 1. The van der Waals surface area contributed by atoms with Gasteiger partial charge in [0, 0.05) is 11.3 Å². The SMILES string of the molecule is O=C1c2ccccc2N[C@H](c2cc(O)c(O)c(Cl)c2)N1CC(F)(F)F. The highest BCUT2D eigenvalue weighted by atomic mass is 35.5. The number of anilines is 1. The van der Waals surface area contributed by atoms with Crippen LogP contribution in [0.15, 0.2) is 36.4 Å². The molecule has 3 N–H and O–H groups in total. The zero-order valence-corrected chi connectivity index (χ0v) is 13.3. The Labute approximate surface area is 145 Å². The molecule has 2 aromatic rings. The third-order valence-electron chi connectivity index (χ3n) is 3.75. The van der Waals surface area contributed by atoms with Crippen LogP contribution in [-0.4, -0.2) is 33.7 Å². The molecule has 1 amide bonds. The predicted octanol–water partition coefficient (Wildman–Crippen LogP) is 3.88. The number of halogens is 4. The first kappa shape index (κ1) is 17.2. The number of phenols is 2. The van der Waals surface area contributed by atoms with Gasteiger partial charge in [-0.2, -0.15) is 13.2 Å². The summed E-state index contributed by atoms with van der Waals surface area (Å²) in [4.78, 5) is 13.2. The van der Waals surface area contributed by atoms with Crippen molar-refractivity contribution in [2.45, 2.75) is 12.3 Å². The highest BCUT2D eigenvalue weighted by Crippen LogP contribution is 2.40. The van der Waals surface area contributed by atoms with Crippen LogP contribution in [0.2, 0.25) is 5.02 Å². The predicted molar refractivity (Wildman–Crippen MR) is 84.7 cm³/mol. The average Bonchev–Trinajstić information content (AvgIpc) is 2.53. The largest absolute Gasteiger partial charge is 0.504 e. The van der Waals surface area contributed by atoms with Crippen molar-refractivity contribution in [2.75, 3.05) is 11.9 Å². The first-order chi connectivity index (χ1) is 11.7. The summed E-state index contributed by atoms with van der Waals surface area (Å²) < 4.78 is 38.9. The van der Waals surface area contributed by atoms with Gasteiger partial charge in [-0.3, -0.25) is 4.79 Å². The summed E-state index contributed by atoms with van der Waals surface area (Å²) in [6, 6.07) is 8.42. The summed E-state index contributed by atoms with van der Waals surface area (Å²) in [5, 5.41) is 21.8. The molecule has 0 radical (unpaired) electrons. The number of rotatable bonds is 2. The fraction of sp³-hybridized carbons (Fsp3) is 0.188. The van der Waals surface area contributed by atoms with Gasteiger partial charge in [0.25, 0.3) is 5.91 Å². The molecule has 5 nitrogen and oxygen atoms in total. The summed E-state index contributed by atoms with van der Waals surface area (Å²) >= 11 is 5.79. The van der Waals surface area contributed by atoms with Crippen molar-refractivity contribution in [3.05, 3.63) is 52.5 Å². The summed E-state index contributed by atoms with van der Waals surface area (Å²) in [6.45, 7) is -1.49. The Balaban J connectivity index is 2.10. The second kappa shape index (κ2) is 6.03. The quantitative estimate of drug-likeness (QED) is 0.699. The number of alkyl halides is 3.